The molecule has 1 aliphatic heterocycles. The molecule has 2 heterocycles. The summed E-state index contributed by atoms with van der Waals surface area (Å²) in [5.41, 5.74) is 1.58. The first-order chi connectivity index (χ1) is 13.1. The molecule has 4 rings (SSSR count). The van der Waals surface area contributed by atoms with Crippen LogP contribution < -0.4 is 4.90 Å². The van der Waals surface area contributed by atoms with Crippen molar-refractivity contribution in [1.82, 2.24) is 20.2 Å². The number of rotatable bonds is 3. The van der Waals surface area contributed by atoms with Crippen LogP contribution in [0.5, 0.6) is 0 Å². The summed E-state index contributed by atoms with van der Waals surface area (Å²) in [6, 6.07) is 13.8. The first kappa shape index (κ1) is 17.7. The van der Waals surface area contributed by atoms with Gasteiger partial charge in [0.25, 0.3) is 5.91 Å². The zero-order valence-electron chi connectivity index (χ0n) is 14.7. The molecule has 0 unspecified atom stereocenters. The molecule has 1 aromatic heterocycles. The quantitative estimate of drug-likeness (QED) is 0.694. The lowest BCUT2D eigenvalue weighted by Gasteiger charge is -2.22. The first-order valence-corrected chi connectivity index (χ1v) is 9.58. The van der Waals surface area contributed by atoms with Gasteiger partial charge in [0.2, 0.25) is 5.82 Å². The second-order valence-electron chi connectivity index (χ2n) is 6.38. The molecule has 0 N–H and O–H groups in total. The highest BCUT2D eigenvalue weighted by atomic mass is 32.2. The zero-order chi connectivity index (χ0) is 18.8. The minimum Gasteiger partial charge on any atom is -0.310 e. The third kappa shape index (κ3) is 3.85. The Bertz CT molecular complexity index is 959. The van der Waals surface area contributed by atoms with E-state index in [1.54, 1.807) is 28.8 Å². The van der Waals surface area contributed by atoms with Crippen LogP contribution in [-0.2, 0) is 11.3 Å². The van der Waals surface area contributed by atoms with E-state index in [2.05, 4.69) is 22.3 Å². The lowest BCUT2D eigenvalue weighted by atomic mass is 10.2. The molecule has 138 valence electrons. The number of carbonyl (C=O) groups is 1. The normalized spacial score (nSPS) is 16.7. The Morgan fingerprint density at radius 1 is 1.22 bits per heavy atom. The van der Waals surface area contributed by atoms with Crippen molar-refractivity contribution in [3.63, 3.8) is 0 Å². The summed E-state index contributed by atoms with van der Waals surface area (Å²) < 4.78 is 13.1. The van der Waals surface area contributed by atoms with E-state index in [9.17, 15) is 9.18 Å². The summed E-state index contributed by atoms with van der Waals surface area (Å²) in [4.78, 5) is 17.1. The maximum atomic E-state index is 13.1. The van der Waals surface area contributed by atoms with Crippen LogP contribution in [0.4, 0.5) is 10.1 Å². The molecule has 1 aliphatic rings. The molecule has 0 fully saturated rings. The van der Waals surface area contributed by atoms with E-state index in [1.165, 1.54) is 16.9 Å². The molecule has 27 heavy (non-hydrogen) atoms. The van der Waals surface area contributed by atoms with Crippen LogP contribution in [-0.4, -0.2) is 37.9 Å². The topological polar surface area (TPSA) is 63.9 Å². The van der Waals surface area contributed by atoms with Crippen molar-refractivity contribution in [2.45, 2.75) is 30.0 Å². The smallest absolute Gasteiger partial charge is 0.250 e. The van der Waals surface area contributed by atoms with Gasteiger partial charge < -0.3 is 4.90 Å². The molecule has 2 aromatic carbocycles. The van der Waals surface area contributed by atoms with Gasteiger partial charge in [-0.15, -0.1) is 22.0 Å². The molecule has 1 amide bonds. The van der Waals surface area contributed by atoms with Crippen LogP contribution in [0, 0.1) is 5.82 Å². The molecule has 8 heteroatoms. The fourth-order valence-corrected chi connectivity index (χ4v) is 4.09. The fraction of sp³-hybridized carbons (Fsp3) is 0.263. The van der Waals surface area contributed by atoms with Crippen LogP contribution in [0.2, 0.25) is 0 Å². The second kappa shape index (κ2) is 7.48. The maximum absolute atomic E-state index is 13.1. The maximum Gasteiger partial charge on any atom is 0.250 e. The average Bonchev–Trinajstić information content (AvgIpc) is 3.04. The molecule has 0 spiro atoms. The summed E-state index contributed by atoms with van der Waals surface area (Å²) in [5, 5.41) is 12.6. The van der Waals surface area contributed by atoms with Gasteiger partial charge in [0.1, 0.15) is 12.4 Å². The van der Waals surface area contributed by atoms with Crippen molar-refractivity contribution in [2.75, 3.05) is 11.4 Å². The summed E-state index contributed by atoms with van der Waals surface area (Å²) in [6.45, 7) is 2.83. The number of amides is 1. The Hall–Kier alpha value is -2.74. The van der Waals surface area contributed by atoms with Crippen LogP contribution in [0.25, 0.3) is 11.4 Å². The van der Waals surface area contributed by atoms with Crippen LogP contribution in [0.1, 0.15) is 13.3 Å². The lowest BCUT2D eigenvalue weighted by Crippen LogP contribution is -2.35. The van der Waals surface area contributed by atoms with Crippen molar-refractivity contribution in [3.05, 3.63) is 54.3 Å². The predicted octanol–water partition coefficient (Wildman–Crippen LogP) is 3.40. The van der Waals surface area contributed by atoms with Crippen molar-refractivity contribution in [3.8, 4) is 11.4 Å². The number of anilines is 1. The van der Waals surface area contributed by atoms with Crippen LogP contribution >= 0.6 is 11.8 Å². The summed E-state index contributed by atoms with van der Waals surface area (Å²) in [7, 11) is 0. The molecule has 1 atom stereocenters. The Kier molecular flexibility index (Phi) is 4.89. The predicted molar refractivity (Wildman–Crippen MR) is 102 cm³/mol. The molecule has 0 aliphatic carbocycles. The van der Waals surface area contributed by atoms with Gasteiger partial charge in [-0.3, -0.25) is 4.79 Å². The van der Waals surface area contributed by atoms with E-state index < -0.39 is 0 Å². The van der Waals surface area contributed by atoms with Gasteiger partial charge in [-0.2, -0.15) is 4.80 Å². The number of tetrazole rings is 1. The van der Waals surface area contributed by atoms with Crippen molar-refractivity contribution in [2.24, 2.45) is 0 Å². The monoisotopic (exact) mass is 383 g/mol. The number of fused-ring (bicyclic) bond motifs is 1. The van der Waals surface area contributed by atoms with Gasteiger partial charge in [0.15, 0.2) is 0 Å². The standard InChI is InChI=1S/C19H18FN5OS/c1-13-10-11-24(16-4-2-3-5-17(16)27-13)18(26)12-25-22-19(21-23-25)14-6-8-15(20)9-7-14/h2-9,13H,10-12H2,1H3/t13-/m0/s1. The Balaban J connectivity index is 1.53. The minimum atomic E-state index is -0.326. The number of hydrogen-bond acceptors (Lipinski definition) is 5. The van der Waals surface area contributed by atoms with Crippen LogP contribution in [0.15, 0.2) is 53.4 Å². The van der Waals surface area contributed by atoms with Crippen molar-refractivity contribution >= 4 is 23.4 Å². The summed E-state index contributed by atoms with van der Waals surface area (Å²) in [6.07, 6.45) is 0.913. The molecular weight excluding hydrogens is 365 g/mol. The third-order valence-electron chi connectivity index (χ3n) is 4.38. The highest BCUT2D eigenvalue weighted by molar-refractivity contribution is 8.00. The van der Waals surface area contributed by atoms with Gasteiger partial charge in [0.05, 0.1) is 5.69 Å². The molecule has 0 saturated heterocycles. The molecule has 0 saturated carbocycles. The highest BCUT2D eigenvalue weighted by Gasteiger charge is 2.24. The first-order valence-electron chi connectivity index (χ1n) is 8.70. The van der Waals surface area contributed by atoms with E-state index in [0.717, 1.165) is 17.0 Å². The fourth-order valence-electron chi connectivity index (χ4n) is 2.98. The number of thioether (sulfide) groups is 1. The van der Waals surface area contributed by atoms with E-state index in [-0.39, 0.29) is 18.3 Å². The number of aromatic nitrogens is 4. The zero-order valence-corrected chi connectivity index (χ0v) is 15.6. The molecule has 6 nitrogen and oxygen atoms in total. The summed E-state index contributed by atoms with van der Waals surface area (Å²) >= 11 is 1.79. The molecule has 0 radical (unpaired) electrons. The number of para-hydroxylation sites is 1. The summed E-state index contributed by atoms with van der Waals surface area (Å²) in [5.74, 6) is -0.0447. The van der Waals surface area contributed by atoms with Gasteiger partial charge >= 0.3 is 0 Å². The number of carbonyl (C=O) groups excluding carboxylic acids is 1. The van der Waals surface area contributed by atoms with Gasteiger partial charge in [-0.1, -0.05) is 19.1 Å². The largest absolute Gasteiger partial charge is 0.310 e. The van der Waals surface area contributed by atoms with Crippen molar-refractivity contribution in [1.29, 1.82) is 0 Å². The lowest BCUT2D eigenvalue weighted by molar-refractivity contribution is -0.119. The van der Waals surface area contributed by atoms with Gasteiger partial charge in [0, 0.05) is 22.3 Å². The SMILES string of the molecule is C[C@H]1CCN(C(=O)Cn2nnc(-c3ccc(F)cc3)n2)c2ccccc2S1. The number of hydrogen-bond donors (Lipinski definition) is 0. The van der Waals surface area contributed by atoms with E-state index >= 15 is 0 Å². The van der Waals surface area contributed by atoms with E-state index in [4.69, 9.17) is 0 Å². The number of halogens is 1. The Labute approximate surface area is 160 Å². The number of nitrogens with zero attached hydrogens (tertiary/aromatic N) is 5. The minimum absolute atomic E-state index is 0.00156. The van der Waals surface area contributed by atoms with Crippen molar-refractivity contribution < 1.29 is 9.18 Å². The molecular formula is C19H18FN5OS. The molecule has 3 aromatic rings. The molecule has 0 bridgehead atoms. The van der Waals surface area contributed by atoms with E-state index in [1.807, 2.05) is 24.3 Å². The average molecular weight is 383 g/mol. The Morgan fingerprint density at radius 2 is 2.00 bits per heavy atom. The van der Waals surface area contributed by atoms with Crippen LogP contribution in [0.3, 0.4) is 0 Å². The van der Waals surface area contributed by atoms with Gasteiger partial charge in [-0.25, -0.2) is 4.39 Å². The number of benzene rings is 2. The third-order valence-corrected chi connectivity index (χ3v) is 5.61. The second-order valence-corrected chi connectivity index (χ2v) is 7.86. The van der Waals surface area contributed by atoms with E-state index in [0.29, 0.717) is 23.2 Å². The highest BCUT2D eigenvalue weighted by Crippen LogP contribution is 2.37. The Morgan fingerprint density at radius 3 is 2.81 bits per heavy atom. The van der Waals surface area contributed by atoms with Gasteiger partial charge in [-0.05, 0) is 48.0 Å².